The molecule has 0 bridgehead atoms. The molecular formula is C8H9BrN4S. The number of hydrogen-bond donors (Lipinski definition) is 0. The predicted octanol–water partition coefficient (Wildman–Crippen LogP) is 2.57. The van der Waals surface area contributed by atoms with Crippen LogP contribution >= 0.6 is 27.3 Å². The molecule has 0 amide bonds. The highest BCUT2D eigenvalue weighted by atomic mass is 79.9. The summed E-state index contributed by atoms with van der Waals surface area (Å²) < 4.78 is 2.75. The molecule has 14 heavy (non-hydrogen) atoms. The molecule has 0 saturated heterocycles. The quantitative estimate of drug-likeness (QED) is 0.863. The molecule has 2 aromatic rings. The summed E-state index contributed by atoms with van der Waals surface area (Å²) in [5.74, 6) is 0. The molecule has 74 valence electrons. The summed E-state index contributed by atoms with van der Waals surface area (Å²) in [7, 11) is 0. The Morgan fingerprint density at radius 3 is 3.00 bits per heavy atom. The van der Waals surface area contributed by atoms with E-state index in [0.717, 1.165) is 27.6 Å². The lowest BCUT2D eigenvalue weighted by atomic mass is 10.4. The van der Waals surface area contributed by atoms with Crippen molar-refractivity contribution in [3.05, 3.63) is 16.2 Å². The third-order valence-corrected chi connectivity index (χ3v) is 3.15. The molecule has 0 N–H and O–H groups in total. The second-order valence-electron chi connectivity index (χ2n) is 2.80. The molecule has 0 aliphatic rings. The van der Waals surface area contributed by atoms with Gasteiger partial charge < -0.3 is 0 Å². The maximum Gasteiger partial charge on any atom is 0.183 e. The van der Waals surface area contributed by atoms with Crippen LogP contribution in [0.15, 0.2) is 16.2 Å². The van der Waals surface area contributed by atoms with E-state index in [0.29, 0.717) is 0 Å². The molecule has 0 radical (unpaired) electrons. The van der Waals surface area contributed by atoms with Crippen LogP contribution < -0.4 is 0 Å². The van der Waals surface area contributed by atoms with E-state index in [2.05, 4.69) is 38.1 Å². The van der Waals surface area contributed by atoms with Gasteiger partial charge in [-0.15, -0.1) is 10.2 Å². The Morgan fingerprint density at radius 2 is 2.36 bits per heavy atom. The van der Waals surface area contributed by atoms with E-state index in [-0.39, 0.29) is 0 Å². The molecule has 6 heteroatoms. The maximum atomic E-state index is 4.23. The number of nitrogens with zero attached hydrogens (tertiary/aromatic N) is 4. The van der Waals surface area contributed by atoms with E-state index in [4.69, 9.17) is 0 Å². The van der Waals surface area contributed by atoms with Gasteiger partial charge in [0.05, 0.1) is 5.69 Å². The molecule has 0 fully saturated rings. The molecular weight excluding hydrogens is 264 g/mol. The van der Waals surface area contributed by atoms with E-state index < -0.39 is 0 Å². The van der Waals surface area contributed by atoms with Crippen LogP contribution in [0.25, 0.3) is 10.7 Å². The van der Waals surface area contributed by atoms with Gasteiger partial charge in [0.1, 0.15) is 0 Å². The first kappa shape index (κ1) is 9.79. The molecule has 4 nitrogen and oxygen atoms in total. The van der Waals surface area contributed by atoms with E-state index in [9.17, 15) is 0 Å². The van der Waals surface area contributed by atoms with Crippen molar-refractivity contribution >= 4 is 27.3 Å². The number of hydrogen-bond acceptors (Lipinski definition) is 4. The van der Waals surface area contributed by atoms with Gasteiger partial charge in [0.15, 0.2) is 8.92 Å². The van der Waals surface area contributed by atoms with Gasteiger partial charge in [-0.3, -0.25) is 4.68 Å². The lowest BCUT2D eigenvalue weighted by molar-refractivity contribution is 0.608. The Morgan fingerprint density at radius 1 is 1.50 bits per heavy atom. The summed E-state index contributed by atoms with van der Waals surface area (Å²) in [6.45, 7) is 3.04. The van der Waals surface area contributed by atoms with Crippen molar-refractivity contribution in [2.75, 3.05) is 0 Å². The Balaban J connectivity index is 2.36. The second-order valence-corrected chi connectivity index (χ2v) is 5.05. The summed E-state index contributed by atoms with van der Waals surface area (Å²) >= 11 is 4.82. The third-order valence-electron chi connectivity index (χ3n) is 1.77. The fourth-order valence-corrected chi connectivity index (χ4v) is 2.35. The average Bonchev–Trinajstić information content (AvgIpc) is 2.74. The highest BCUT2D eigenvalue weighted by Gasteiger charge is 2.09. The van der Waals surface area contributed by atoms with Gasteiger partial charge in [-0.05, 0) is 28.4 Å². The Bertz CT molecular complexity index is 422. The number of halogens is 1. The van der Waals surface area contributed by atoms with Crippen molar-refractivity contribution in [2.24, 2.45) is 0 Å². The average molecular weight is 273 g/mol. The first-order chi connectivity index (χ1) is 6.81. The van der Waals surface area contributed by atoms with Crippen molar-refractivity contribution in [3.8, 4) is 10.7 Å². The van der Waals surface area contributed by atoms with Crippen LogP contribution in [-0.2, 0) is 6.54 Å². The van der Waals surface area contributed by atoms with Crippen molar-refractivity contribution in [2.45, 2.75) is 19.9 Å². The van der Waals surface area contributed by atoms with Gasteiger partial charge in [0.25, 0.3) is 0 Å². The van der Waals surface area contributed by atoms with Crippen molar-refractivity contribution in [3.63, 3.8) is 0 Å². The molecule has 0 aromatic carbocycles. The van der Waals surface area contributed by atoms with Gasteiger partial charge >= 0.3 is 0 Å². The topological polar surface area (TPSA) is 43.6 Å². The van der Waals surface area contributed by atoms with Crippen LogP contribution in [0.1, 0.15) is 13.3 Å². The maximum absolute atomic E-state index is 4.23. The van der Waals surface area contributed by atoms with Crippen LogP contribution in [0.5, 0.6) is 0 Å². The van der Waals surface area contributed by atoms with Crippen molar-refractivity contribution < 1.29 is 0 Å². The van der Waals surface area contributed by atoms with Crippen LogP contribution in [0.3, 0.4) is 0 Å². The zero-order valence-corrected chi connectivity index (χ0v) is 10.0. The minimum absolute atomic E-state index is 0.803. The Kier molecular flexibility index (Phi) is 2.93. The first-order valence-corrected chi connectivity index (χ1v) is 5.93. The SMILES string of the molecule is CCCn1nccc1-c1nnc(Br)s1. The van der Waals surface area contributed by atoms with Gasteiger partial charge in [-0.2, -0.15) is 5.10 Å². The minimum atomic E-state index is 0.803. The van der Waals surface area contributed by atoms with Gasteiger partial charge in [0.2, 0.25) is 0 Å². The van der Waals surface area contributed by atoms with Crippen LogP contribution in [-0.4, -0.2) is 20.0 Å². The molecule has 0 saturated carbocycles. The predicted molar refractivity (Wildman–Crippen MR) is 59.1 cm³/mol. The second kappa shape index (κ2) is 4.18. The summed E-state index contributed by atoms with van der Waals surface area (Å²) in [6.07, 6.45) is 2.86. The Hall–Kier alpha value is -0.750. The van der Waals surface area contributed by atoms with E-state index >= 15 is 0 Å². The molecule has 0 aliphatic heterocycles. The summed E-state index contributed by atoms with van der Waals surface area (Å²) in [6, 6.07) is 1.96. The van der Waals surface area contributed by atoms with E-state index in [1.807, 2.05) is 10.7 Å². The lowest BCUT2D eigenvalue weighted by Crippen LogP contribution is -2.00. The largest absolute Gasteiger partial charge is 0.262 e. The van der Waals surface area contributed by atoms with Crippen LogP contribution in [0.4, 0.5) is 0 Å². The summed E-state index contributed by atoms with van der Waals surface area (Å²) in [5.41, 5.74) is 1.04. The number of aromatic nitrogens is 4. The third kappa shape index (κ3) is 1.85. The fraction of sp³-hybridized carbons (Fsp3) is 0.375. The normalized spacial score (nSPS) is 10.7. The summed E-state index contributed by atoms with van der Waals surface area (Å²) in [4.78, 5) is 0. The Labute approximate surface area is 94.1 Å². The highest BCUT2D eigenvalue weighted by Crippen LogP contribution is 2.25. The minimum Gasteiger partial charge on any atom is -0.262 e. The number of rotatable bonds is 3. The molecule has 0 spiro atoms. The monoisotopic (exact) mass is 272 g/mol. The van der Waals surface area contributed by atoms with Gasteiger partial charge in [0, 0.05) is 12.7 Å². The van der Waals surface area contributed by atoms with Crippen LogP contribution in [0.2, 0.25) is 0 Å². The fourth-order valence-electron chi connectivity index (χ4n) is 1.21. The molecule has 2 rings (SSSR count). The van der Waals surface area contributed by atoms with Crippen LogP contribution in [0, 0.1) is 0 Å². The van der Waals surface area contributed by atoms with E-state index in [1.54, 1.807) is 6.20 Å². The zero-order valence-electron chi connectivity index (χ0n) is 7.64. The molecule has 2 aromatic heterocycles. The van der Waals surface area contributed by atoms with Crippen molar-refractivity contribution in [1.29, 1.82) is 0 Å². The zero-order chi connectivity index (χ0) is 9.97. The lowest BCUT2D eigenvalue weighted by Gasteiger charge is -2.01. The van der Waals surface area contributed by atoms with Gasteiger partial charge in [-0.1, -0.05) is 18.3 Å². The standard InChI is InChI=1S/C8H9BrN4S/c1-2-5-13-6(3-4-10-13)7-11-12-8(9)14-7/h3-4H,2,5H2,1H3. The highest BCUT2D eigenvalue weighted by molar-refractivity contribution is 9.11. The van der Waals surface area contributed by atoms with Gasteiger partial charge in [-0.25, -0.2) is 0 Å². The molecule has 2 heterocycles. The summed E-state index contributed by atoms with van der Waals surface area (Å²) in [5, 5.41) is 13.1. The smallest absolute Gasteiger partial charge is 0.183 e. The van der Waals surface area contributed by atoms with E-state index in [1.165, 1.54) is 11.3 Å². The first-order valence-electron chi connectivity index (χ1n) is 4.32. The number of aryl methyl sites for hydroxylation is 1. The molecule has 0 unspecified atom stereocenters. The molecule has 0 atom stereocenters. The van der Waals surface area contributed by atoms with Crippen molar-refractivity contribution in [1.82, 2.24) is 20.0 Å². The molecule has 0 aliphatic carbocycles.